The fourth-order valence-corrected chi connectivity index (χ4v) is 2.29. The normalized spacial score (nSPS) is 10.7. The van der Waals surface area contributed by atoms with E-state index in [1.54, 1.807) is 23.7 Å². The number of carbonyl (C=O) groups excluding carboxylic acids is 1. The van der Waals surface area contributed by atoms with Gasteiger partial charge in [-0.15, -0.1) is 5.10 Å². The van der Waals surface area contributed by atoms with Crippen LogP contribution in [0.4, 0.5) is 6.01 Å². The van der Waals surface area contributed by atoms with Gasteiger partial charge in [-0.25, -0.2) is 9.67 Å². The molecule has 0 spiro atoms. The number of benzene rings is 1. The smallest absolute Gasteiger partial charge is 0.301 e. The van der Waals surface area contributed by atoms with E-state index in [2.05, 4.69) is 20.6 Å². The third-order valence-corrected chi connectivity index (χ3v) is 3.91. The molecule has 9 heteroatoms. The second kappa shape index (κ2) is 6.39. The third-order valence-electron chi connectivity index (χ3n) is 3.17. The standard InChI is InChI=1S/C14H11Cl2N5O2/c1-8-12(13(22)18-14-17-4-5-23-14)19-20-21(8)7-9-2-3-10(15)11(16)6-9/h2-6H,7H2,1H3,(H,17,18,22). The molecule has 3 rings (SSSR count). The van der Waals surface area contributed by atoms with Crippen molar-refractivity contribution in [1.29, 1.82) is 0 Å². The molecular formula is C14H11Cl2N5O2. The molecule has 0 aliphatic heterocycles. The first-order valence-electron chi connectivity index (χ1n) is 6.59. The number of nitrogens with one attached hydrogen (secondary N) is 1. The Bertz CT molecular complexity index is 845. The number of aromatic nitrogens is 4. The van der Waals surface area contributed by atoms with Crippen molar-refractivity contribution in [2.45, 2.75) is 13.5 Å². The summed E-state index contributed by atoms with van der Waals surface area (Å²) in [6.07, 6.45) is 2.80. The van der Waals surface area contributed by atoms with Crippen molar-refractivity contribution in [1.82, 2.24) is 20.0 Å². The number of oxazole rings is 1. The van der Waals surface area contributed by atoms with Crippen molar-refractivity contribution >= 4 is 35.1 Å². The van der Waals surface area contributed by atoms with Crippen molar-refractivity contribution in [3.63, 3.8) is 0 Å². The van der Waals surface area contributed by atoms with Gasteiger partial charge < -0.3 is 4.42 Å². The summed E-state index contributed by atoms with van der Waals surface area (Å²) in [5.41, 5.74) is 1.70. The van der Waals surface area contributed by atoms with E-state index in [0.717, 1.165) is 5.56 Å². The molecule has 3 aromatic rings. The van der Waals surface area contributed by atoms with Crippen LogP contribution in [0.1, 0.15) is 21.7 Å². The molecule has 7 nitrogen and oxygen atoms in total. The predicted molar refractivity (Wildman–Crippen MR) is 84.8 cm³/mol. The SMILES string of the molecule is Cc1c(C(=O)Nc2ncco2)nnn1Cc1ccc(Cl)c(Cl)c1. The van der Waals surface area contributed by atoms with Gasteiger partial charge in [0.1, 0.15) is 6.26 Å². The van der Waals surface area contributed by atoms with Crippen LogP contribution in [-0.4, -0.2) is 25.9 Å². The summed E-state index contributed by atoms with van der Waals surface area (Å²) in [6.45, 7) is 2.17. The van der Waals surface area contributed by atoms with Crippen molar-refractivity contribution in [2.24, 2.45) is 0 Å². The number of halogens is 2. The molecule has 0 fully saturated rings. The van der Waals surface area contributed by atoms with Crippen LogP contribution < -0.4 is 5.32 Å². The summed E-state index contributed by atoms with van der Waals surface area (Å²) < 4.78 is 6.57. The second-order valence-corrected chi connectivity index (χ2v) is 5.54. The number of nitrogens with zero attached hydrogens (tertiary/aromatic N) is 4. The minimum atomic E-state index is -0.440. The van der Waals surface area contributed by atoms with E-state index in [1.807, 2.05) is 6.07 Å². The zero-order valence-electron chi connectivity index (χ0n) is 12.0. The number of anilines is 1. The summed E-state index contributed by atoms with van der Waals surface area (Å²) in [5, 5.41) is 11.3. The van der Waals surface area contributed by atoms with Gasteiger partial charge in [0, 0.05) is 0 Å². The maximum absolute atomic E-state index is 12.1. The van der Waals surface area contributed by atoms with E-state index in [1.165, 1.54) is 12.5 Å². The largest absolute Gasteiger partial charge is 0.432 e. The molecule has 23 heavy (non-hydrogen) atoms. The Hall–Kier alpha value is -2.38. The number of carbonyl (C=O) groups is 1. The molecule has 0 aliphatic rings. The van der Waals surface area contributed by atoms with Crippen LogP contribution in [0.25, 0.3) is 0 Å². The van der Waals surface area contributed by atoms with Gasteiger partial charge in [-0.2, -0.15) is 0 Å². The quantitative estimate of drug-likeness (QED) is 0.779. The number of hydrogen-bond donors (Lipinski definition) is 1. The molecule has 118 valence electrons. The van der Waals surface area contributed by atoms with Crippen molar-refractivity contribution in [3.05, 3.63) is 57.7 Å². The fraction of sp³-hybridized carbons (Fsp3) is 0.143. The molecule has 0 saturated heterocycles. The first kappa shape index (κ1) is 15.5. The summed E-state index contributed by atoms with van der Waals surface area (Å²) >= 11 is 11.9. The molecule has 1 N–H and O–H groups in total. The molecule has 0 aliphatic carbocycles. The lowest BCUT2D eigenvalue weighted by Gasteiger charge is -2.05. The lowest BCUT2D eigenvalue weighted by atomic mass is 10.2. The average molecular weight is 352 g/mol. The number of rotatable bonds is 4. The van der Waals surface area contributed by atoms with Crippen LogP contribution in [-0.2, 0) is 6.54 Å². The molecule has 0 radical (unpaired) electrons. The van der Waals surface area contributed by atoms with Crippen LogP contribution in [0.3, 0.4) is 0 Å². The Morgan fingerprint density at radius 1 is 1.35 bits per heavy atom. The summed E-state index contributed by atoms with van der Waals surface area (Å²) in [4.78, 5) is 16.0. The highest BCUT2D eigenvalue weighted by Gasteiger charge is 2.18. The highest BCUT2D eigenvalue weighted by atomic mass is 35.5. The van der Waals surface area contributed by atoms with Crippen molar-refractivity contribution < 1.29 is 9.21 Å². The minimum Gasteiger partial charge on any atom is -0.432 e. The van der Waals surface area contributed by atoms with Crippen LogP contribution in [0.2, 0.25) is 10.0 Å². The zero-order valence-corrected chi connectivity index (χ0v) is 13.5. The van der Waals surface area contributed by atoms with Crippen LogP contribution in [0.5, 0.6) is 0 Å². The van der Waals surface area contributed by atoms with E-state index in [-0.39, 0.29) is 11.7 Å². The first-order valence-corrected chi connectivity index (χ1v) is 7.35. The molecular weight excluding hydrogens is 341 g/mol. The van der Waals surface area contributed by atoms with Gasteiger partial charge in [-0.1, -0.05) is 34.5 Å². The van der Waals surface area contributed by atoms with Gasteiger partial charge in [0.15, 0.2) is 5.69 Å². The van der Waals surface area contributed by atoms with Crippen LogP contribution in [0, 0.1) is 6.92 Å². The van der Waals surface area contributed by atoms with Gasteiger partial charge in [-0.3, -0.25) is 10.1 Å². The minimum absolute atomic E-state index is 0.105. The number of amides is 1. The van der Waals surface area contributed by atoms with E-state index in [0.29, 0.717) is 22.3 Å². The second-order valence-electron chi connectivity index (χ2n) is 4.72. The molecule has 1 aromatic carbocycles. The Labute approximate surface area is 141 Å². The molecule has 1 amide bonds. The van der Waals surface area contributed by atoms with E-state index < -0.39 is 5.91 Å². The topological polar surface area (TPSA) is 85.8 Å². The third kappa shape index (κ3) is 3.35. The van der Waals surface area contributed by atoms with Gasteiger partial charge in [0.2, 0.25) is 0 Å². The van der Waals surface area contributed by atoms with Crippen molar-refractivity contribution in [3.8, 4) is 0 Å². The Morgan fingerprint density at radius 3 is 2.87 bits per heavy atom. The van der Waals surface area contributed by atoms with Gasteiger partial charge in [-0.05, 0) is 24.6 Å². The fourth-order valence-electron chi connectivity index (χ4n) is 1.97. The maximum Gasteiger partial charge on any atom is 0.301 e. The highest BCUT2D eigenvalue weighted by molar-refractivity contribution is 6.42. The molecule has 2 heterocycles. The Balaban J connectivity index is 1.78. The zero-order chi connectivity index (χ0) is 16.4. The van der Waals surface area contributed by atoms with Gasteiger partial charge in [0.25, 0.3) is 5.91 Å². The Morgan fingerprint density at radius 2 is 2.17 bits per heavy atom. The van der Waals surface area contributed by atoms with Gasteiger partial charge in [0.05, 0.1) is 28.5 Å². The Kier molecular flexibility index (Phi) is 4.31. The van der Waals surface area contributed by atoms with E-state index >= 15 is 0 Å². The highest BCUT2D eigenvalue weighted by Crippen LogP contribution is 2.23. The lowest BCUT2D eigenvalue weighted by Crippen LogP contribution is -2.14. The molecule has 0 unspecified atom stereocenters. The molecule has 2 aromatic heterocycles. The maximum atomic E-state index is 12.1. The first-order chi connectivity index (χ1) is 11.0. The molecule has 0 atom stereocenters. The average Bonchev–Trinajstić information content (AvgIpc) is 3.14. The van der Waals surface area contributed by atoms with Gasteiger partial charge >= 0.3 is 6.01 Å². The number of hydrogen-bond acceptors (Lipinski definition) is 5. The van der Waals surface area contributed by atoms with E-state index in [4.69, 9.17) is 27.6 Å². The predicted octanol–water partition coefficient (Wildman–Crippen LogP) is 3.18. The van der Waals surface area contributed by atoms with Crippen LogP contribution in [0.15, 0.2) is 35.1 Å². The lowest BCUT2D eigenvalue weighted by molar-refractivity contribution is 0.101. The summed E-state index contributed by atoms with van der Waals surface area (Å²) in [5.74, 6) is -0.440. The summed E-state index contributed by atoms with van der Waals surface area (Å²) in [7, 11) is 0. The molecule has 0 saturated carbocycles. The van der Waals surface area contributed by atoms with Crippen molar-refractivity contribution in [2.75, 3.05) is 5.32 Å². The van der Waals surface area contributed by atoms with E-state index in [9.17, 15) is 4.79 Å². The molecule has 0 bridgehead atoms. The monoisotopic (exact) mass is 351 g/mol. The summed E-state index contributed by atoms with van der Waals surface area (Å²) in [6, 6.07) is 5.40. The van der Waals surface area contributed by atoms with Crippen LogP contribution >= 0.6 is 23.2 Å².